The van der Waals surface area contributed by atoms with Crippen LogP contribution in [0.5, 0.6) is 0 Å². The summed E-state index contributed by atoms with van der Waals surface area (Å²) in [4.78, 5) is 26.8. The Morgan fingerprint density at radius 3 is 2.35 bits per heavy atom. The molecule has 7 heteroatoms. The molecule has 5 rings (SSSR count). The zero-order chi connectivity index (χ0) is 26.1. The number of primary amides is 1. The van der Waals surface area contributed by atoms with Crippen LogP contribution >= 0.6 is 15.9 Å². The lowest BCUT2D eigenvalue weighted by atomic mass is 10.1. The predicted molar refractivity (Wildman–Crippen MR) is 151 cm³/mol. The van der Waals surface area contributed by atoms with E-state index in [-0.39, 0.29) is 6.61 Å². The Hall–Kier alpha value is -4.10. The van der Waals surface area contributed by atoms with Crippen molar-refractivity contribution < 1.29 is 14.3 Å². The van der Waals surface area contributed by atoms with Crippen molar-refractivity contribution in [3.63, 3.8) is 0 Å². The van der Waals surface area contributed by atoms with Gasteiger partial charge in [0, 0.05) is 40.0 Å². The largest absolute Gasteiger partial charge is 0.444 e. The fourth-order valence-corrected chi connectivity index (χ4v) is 4.99. The van der Waals surface area contributed by atoms with Gasteiger partial charge in [-0.15, -0.1) is 0 Å². The molecule has 0 bridgehead atoms. The van der Waals surface area contributed by atoms with E-state index < -0.39 is 12.0 Å². The summed E-state index contributed by atoms with van der Waals surface area (Å²) in [6.07, 6.45) is -0.467. The Morgan fingerprint density at radius 2 is 1.65 bits per heavy atom. The average Bonchev–Trinajstić information content (AvgIpc) is 3.20. The van der Waals surface area contributed by atoms with E-state index in [4.69, 9.17) is 10.5 Å². The summed E-state index contributed by atoms with van der Waals surface area (Å²) in [5, 5.41) is 1.59. The van der Waals surface area contributed by atoms with Crippen LogP contribution in [0.3, 0.4) is 0 Å². The number of halogens is 1. The van der Waals surface area contributed by atoms with Gasteiger partial charge in [0.25, 0.3) is 0 Å². The Balaban J connectivity index is 1.56. The molecule has 0 fully saturated rings. The molecule has 0 unspecified atom stereocenters. The Morgan fingerprint density at radius 1 is 0.919 bits per heavy atom. The normalized spacial score (nSPS) is 11.1. The van der Waals surface area contributed by atoms with E-state index in [1.165, 1.54) is 4.90 Å². The van der Waals surface area contributed by atoms with Gasteiger partial charge in [-0.25, -0.2) is 4.79 Å². The number of anilines is 1. The van der Waals surface area contributed by atoms with Crippen molar-refractivity contribution in [1.82, 2.24) is 4.57 Å². The number of aryl methyl sites for hydroxylation is 1. The van der Waals surface area contributed by atoms with E-state index in [0.717, 1.165) is 43.0 Å². The van der Waals surface area contributed by atoms with E-state index in [0.29, 0.717) is 17.8 Å². The second kappa shape index (κ2) is 10.1. The molecule has 5 aromatic rings. The number of amides is 2. The molecular weight excluding hydrogens is 530 g/mol. The standard InChI is InChI=1S/C30H26BrN3O3/c1-19-8-10-21(11-9-19)18-37-30(36)33(2)23-12-13-26-24(16-23)28-25(29(32)35)14-22(31)15-27(28)34(26)17-20-6-4-3-5-7-20/h3-16H,17-18H2,1-2H3,(H2,32,35). The summed E-state index contributed by atoms with van der Waals surface area (Å²) < 4.78 is 8.48. The van der Waals surface area contributed by atoms with Gasteiger partial charge in [0.05, 0.1) is 11.1 Å². The third-order valence-electron chi connectivity index (χ3n) is 6.51. The highest BCUT2D eigenvalue weighted by molar-refractivity contribution is 9.10. The van der Waals surface area contributed by atoms with Crippen molar-refractivity contribution in [2.75, 3.05) is 11.9 Å². The zero-order valence-electron chi connectivity index (χ0n) is 20.6. The zero-order valence-corrected chi connectivity index (χ0v) is 22.2. The van der Waals surface area contributed by atoms with Crippen LogP contribution in [0, 0.1) is 6.92 Å². The number of benzene rings is 4. The maximum absolute atomic E-state index is 12.9. The molecule has 0 aliphatic heterocycles. The fraction of sp³-hybridized carbons (Fsp3) is 0.133. The number of fused-ring (bicyclic) bond motifs is 3. The molecule has 4 aromatic carbocycles. The van der Waals surface area contributed by atoms with Gasteiger partial charge in [-0.2, -0.15) is 0 Å². The Kier molecular flexibility index (Phi) is 6.72. The molecule has 0 aliphatic carbocycles. The van der Waals surface area contributed by atoms with Crippen LogP contribution in [0.4, 0.5) is 10.5 Å². The Labute approximate surface area is 223 Å². The first kappa shape index (κ1) is 24.6. The minimum atomic E-state index is -0.513. The number of carbonyl (C=O) groups is 2. The second-order valence-corrected chi connectivity index (χ2v) is 10.00. The number of nitrogens with two attached hydrogens (primary N) is 1. The summed E-state index contributed by atoms with van der Waals surface area (Å²) in [6.45, 7) is 2.81. The van der Waals surface area contributed by atoms with Crippen LogP contribution in [0.25, 0.3) is 21.8 Å². The third-order valence-corrected chi connectivity index (χ3v) is 6.96. The van der Waals surface area contributed by atoms with Crippen LogP contribution in [0.15, 0.2) is 89.4 Å². The number of nitrogens with zero attached hydrogens (tertiary/aromatic N) is 2. The summed E-state index contributed by atoms with van der Waals surface area (Å²) in [7, 11) is 1.67. The highest BCUT2D eigenvalue weighted by Crippen LogP contribution is 2.36. The first-order valence-electron chi connectivity index (χ1n) is 11.9. The van der Waals surface area contributed by atoms with Gasteiger partial charge in [0.1, 0.15) is 6.61 Å². The summed E-state index contributed by atoms with van der Waals surface area (Å²) in [5.41, 5.74) is 11.9. The molecule has 0 saturated carbocycles. The molecule has 0 spiro atoms. The van der Waals surface area contributed by atoms with Gasteiger partial charge in [-0.1, -0.05) is 76.1 Å². The molecular formula is C30H26BrN3O3. The van der Waals surface area contributed by atoms with E-state index in [1.807, 2.05) is 73.7 Å². The van der Waals surface area contributed by atoms with Gasteiger partial charge >= 0.3 is 6.09 Å². The van der Waals surface area contributed by atoms with Crippen molar-refractivity contribution in [2.45, 2.75) is 20.1 Å². The highest BCUT2D eigenvalue weighted by atomic mass is 79.9. The number of ether oxygens (including phenoxy) is 1. The highest BCUT2D eigenvalue weighted by Gasteiger charge is 2.20. The van der Waals surface area contributed by atoms with Gasteiger partial charge in [-0.3, -0.25) is 9.69 Å². The second-order valence-electron chi connectivity index (χ2n) is 9.08. The van der Waals surface area contributed by atoms with Crippen molar-refractivity contribution >= 4 is 55.4 Å². The van der Waals surface area contributed by atoms with Crippen molar-refractivity contribution in [1.29, 1.82) is 0 Å². The van der Waals surface area contributed by atoms with Crippen LogP contribution in [0.1, 0.15) is 27.0 Å². The summed E-state index contributed by atoms with van der Waals surface area (Å²) in [5.74, 6) is -0.513. The monoisotopic (exact) mass is 555 g/mol. The minimum absolute atomic E-state index is 0.182. The molecule has 1 heterocycles. The molecule has 186 valence electrons. The first-order valence-corrected chi connectivity index (χ1v) is 12.7. The van der Waals surface area contributed by atoms with Crippen LogP contribution in [-0.4, -0.2) is 23.6 Å². The minimum Gasteiger partial charge on any atom is -0.444 e. The first-order chi connectivity index (χ1) is 17.8. The van der Waals surface area contributed by atoms with Crippen LogP contribution in [-0.2, 0) is 17.9 Å². The molecule has 0 aliphatic rings. The molecule has 2 amide bonds. The molecule has 2 N–H and O–H groups in total. The van der Waals surface area contributed by atoms with E-state index in [2.05, 4.69) is 32.6 Å². The molecule has 1 aromatic heterocycles. The smallest absolute Gasteiger partial charge is 0.414 e. The fourth-order valence-electron chi connectivity index (χ4n) is 4.55. The lowest BCUT2D eigenvalue weighted by molar-refractivity contribution is 0.100. The van der Waals surface area contributed by atoms with E-state index in [9.17, 15) is 9.59 Å². The summed E-state index contributed by atoms with van der Waals surface area (Å²) >= 11 is 3.54. The maximum Gasteiger partial charge on any atom is 0.414 e. The Bertz CT molecular complexity index is 1630. The number of hydrogen-bond donors (Lipinski definition) is 1. The van der Waals surface area contributed by atoms with Gasteiger partial charge in [0.15, 0.2) is 0 Å². The number of aromatic nitrogens is 1. The van der Waals surface area contributed by atoms with Crippen molar-refractivity contribution in [3.8, 4) is 0 Å². The third kappa shape index (κ3) is 4.95. The number of rotatable bonds is 6. The number of hydrogen-bond acceptors (Lipinski definition) is 3. The average molecular weight is 556 g/mol. The lowest BCUT2D eigenvalue weighted by Crippen LogP contribution is -2.26. The van der Waals surface area contributed by atoms with Crippen molar-refractivity contribution in [2.24, 2.45) is 5.73 Å². The van der Waals surface area contributed by atoms with E-state index in [1.54, 1.807) is 13.1 Å². The lowest BCUT2D eigenvalue weighted by Gasteiger charge is -2.18. The number of carbonyl (C=O) groups excluding carboxylic acids is 2. The van der Waals surface area contributed by atoms with E-state index >= 15 is 0 Å². The topological polar surface area (TPSA) is 77.6 Å². The van der Waals surface area contributed by atoms with Gasteiger partial charge in [0.2, 0.25) is 5.91 Å². The van der Waals surface area contributed by atoms with Crippen LogP contribution in [0.2, 0.25) is 0 Å². The molecule has 6 nitrogen and oxygen atoms in total. The molecule has 0 radical (unpaired) electrons. The quantitative estimate of drug-likeness (QED) is 0.250. The molecule has 0 saturated heterocycles. The maximum atomic E-state index is 12.9. The van der Waals surface area contributed by atoms with Gasteiger partial charge < -0.3 is 15.0 Å². The van der Waals surface area contributed by atoms with Crippen molar-refractivity contribution in [3.05, 3.63) is 112 Å². The van der Waals surface area contributed by atoms with Crippen LogP contribution < -0.4 is 10.6 Å². The predicted octanol–water partition coefficient (Wildman–Crippen LogP) is 6.79. The summed E-state index contributed by atoms with van der Waals surface area (Å²) in [6, 6.07) is 27.5. The molecule has 0 atom stereocenters. The van der Waals surface area contributed by atoms with Gasteiger partial charge in [-0.05, 0) is 48.4 Å². The molecule has 37 heavy (non-hydrogen) atoms. The SMILES string of the molecule is Cc1ccc(COC(=O)N(C)c2ccc3c(c2)c2c(C(N)=O)cc(Br)cc2n3Cc2ccccc2)cc1.